The predicted octanol–water partition coefficient (Wildman–Crippen LogP) is 0.185. The molecule has 6 heteroatoms. The Labute approximate surface area is 109 Å². The van der Waals surface area contributed by atoms with Gasteiger partial charge in [-0.05, 0) is 25.4 Å². The van der Waals surface area contributed by atoms with Gasteiger partial charge in [-0.3, -0.25) is 4.79 Å². The van der Waals surface area contributed by atoms with Gasteiger partial charge in [0.15, 0.2) is 0 Å². The van der Waals surface area contributed by atoms with Crippen LogP contribution in [0.15, 0.2) is 0 Å². The lowest BCUT2D eigenvalue weighted by atomic mass is 9.95. The Balaban J connectivity index is 0.00000256. The second kappa shape index (κ2) is 9.65. The molecule has 0 spiro atoms. The zero-order valence-electron chi connectivity index (χ0n) is 10.5. The largest absolute Gasteiger partial charge is 0.382 e. The number of nitrogens with one attached hydrogen (secondary N) is 2. The Hall–Kier alpha value is -0.360. The van der Waals surface area contributed by atoms with Crippen molar-refractivity contribution in [3.05, 3.63) is 0 Å². The van der Waals surface area contributed by atoms with Crippen LogP contribution in [-0.4, -0.2) is 52.0 Å². The van der Waals surface area contributed by atoms with Crippen molar-refractivity contribution in [1.29, 1.82) is 0 Å². The van der Waals surface area contributed by atoms with Crippen LogP contribution in [0.5, 0.6) is 0 Å². The van der Waals surface area contributed by atoms with Crippen molar-refractivity contribution >= 4 is 18.3 Å². The van der Waals surface area contributed by atoms with Crippen molar-refractivity contribution in [3.8, 4) is 0 Å². The van der Waals surface area contributed by atoms with E-state index < -0.39 is 0 Å². The Morgan fingerprint density at radius 1 is 1.47 bits per heavy atom. The van der Waals surface area contributed by atoms with Gasteiger partial charge in [0.05, 0.1) is 13.2 Å². The number of piperidine rings is 1. The van der Waals surface area contributed by atoms with Gasteiger partial charge in [-0.25, -0.2) is 0 Å². The molecule has 1 fully saturated rings. The zero-order chi connectivity index (χ0) is 11.8. The molecule has 1 aliphatic heterocycles. The molecule has 0 radical (unpaired) electrons. The summed E-state index contributed by atoms with van der Waals surface area (Å²) in [6.45, 7) is 5.20. The van der Waals surface area contributed by atoms with E-state index in [0.717, 1.165) is 19.5 Å². The van der Waals surface area contributed by atoms with Crippen LogP contribution in [0.1, 0.15) is 13.3 Å². The molecule has 1 amide bonds. The molecule has 0 aromatic heterocycles. The molecule has 0 aromatic rings. The van der Waals surface area contributed by atoms with Gasteiger partial charge in [-0.2, -0.15) is 0 Å². The fourth-order valence-corrected chi connectivity index (χ4v) is 1.78. The van der Waals surface area contributed by atoms with E-state index in [-0.39, 0.29) is 31.0 Å². The molecule has 5 nitrogen and oxygen atoms in total. The molecule has 2 unspecified atom stereocenters. The van der Waals surface area contributed by atoms with Gasteiger partial charge in [0, 0.05) is 13.2 Å². The van der Waals surface area contributed by atoms with E-state index in [2.05, 4.69) is 17.6 Å². The molecule has 1 saturated heterocycles. The smallest absolute Gasteiger partial charge is 0.246 e. The molecule has 17 heavy (non-hydrogen) atoms. The quantitative estimate of drug-likeness (QED) is 0.674. The number of carbonyl (C=O) groups is 1. The highest BCUT2D eigenvalue weighted by molar-refractivity contribution is 5.85. The maximum Gasteiger partial charge on any atom is 0.246 e. The molecular formula is C11H23ClN2O3. The highest BCUT2D eigenvalue weighted by Crippen LogP contribution is 2.09. The Morgan fingerprint density at radius 2 is 2.24 bits per heavy atom. The number of halogens is 1. The molecule has 1 heterocycles. The summed E-state index contributed by atoms with van der Waals surface area (Å²) in [6, 6.07) is 0.278. The minimum atomic E-state index is -0.0325. The lowest BCUT2D eigenvalue weighted by Gasteiger charge is -2.30. The van der Waals surface area contributed by atoms with E-state index in [1.165, 1.54) is 0 Å². The van der Waals surface area contributed by atoms with E-state index in [0.29, 0.717) is 19.1 Å². The molecule has 102 valence electrons. The van der Waals surface area contributed by atoms with E-state index >= 15 is 0 Å². The van der Waals surface area contributed by atoms with Crippen molar-refractivity contribution in [2.24, 2.45) is 5.92 Å². The van der Waals surface area contributed by atoms with Gasteiger partial charge in [-0.1, -0.05) is 6.92 Å². The second-order valence-electron chi connectivity index (χ2n) is 4.19. The minimum Gasteiger partial charge on any atom is -0.382 e. The number of methoxy groups -OCH3 is 1. The molecule has 1 rings (SSSR count). The molecule has 2 N–H and O–H groups in total. The minimum absolute atomic E-state index is 0. The summed E-state index contributed by atoms with van der Waals surface area (Å²) < 4.78 is 9.99. The molecule has 0 aromatic carbocycles. The summed E-state index contributed by atoms with van der Waals surface area (Å²) in [5.74, 6) is 0.450. The van der Waals surface area contributed by atoms with Crippen LogP contribution in [0.25, 0.3) is 0 Å². The third-order valence-electron chi connectivity index (χ3n) is 2.80. The predicted molar refractivity (Wildman–Crippen MR) is 68.5 cm³/mol. The normalized spacial score (nSPS) is 23.9. The summed E-state index contributed by atoms with van der Waals surface area (Å²) in [5.41, 5.74) is 0. The van der Waals surface area contributed by atoms with Gasteiger partial charge in [0.2, 0.25) is 5.91 Å². The number of amides is 1. The first-order valence-electron chi connectivity index (χ1n) is 5.80. The standard InChI is InChI=1S/C11H22N2O3.ClH/c1-9-7-12-4-3-10(9)13-11(14)8-16-6-5-15-2;/h9-10,12H,3-8H2,1-2H3,(H,13,14);1H. The highest BCUT2D eigenvalue weighted by atomic mass is 35.5. The first-order valence-corrected chi connectivity index (χ1v) is 5.80. The molecular weight excluding hydrogens is 244 g/mol. The van der Waals surface area contributed by atoms with E-state index in [9.17, 15) is 4.79 Å². The number of carbonyl (C=O) groups excluding carboxylic acids is 1. The summed E-state index contributed by atoms with van der Waals surface area (Å²) in [4.78, 5) is 11.5. The number of ether oxygens (including phenoxy) is 2. The van der Waals surface area contributed by atoms with Gasteiger partial charge in [0.25, 0.3) is 0 Å². The number of hydrogen-bond donors (Lipinski definition) is 2. The van der Waals surface area contributed by atoms with Gasteiger partial charge < -0.3 is 20.1 Å². The van der Waals surface area contributed by atoms with E-state index in [4.69, 9.17) is 9.47 Å². The van der Waals surface area contributed by atoms with Crippen LogP contribution in [0.4, 0.5) is 0 Å². The summed E-state index contributed by atoms with van der Waals surface area (Å²) in [7, 11) is 1.61. The molecule has 1 aliphatic rings. The summed E-state index contributed by atoms with van der Waals surface area (Å²) in [6.07, 6.45) is 0.991. The fraction of sp³-hybridized carbons (Fsp3) is 0.909. The maximum absolute atomic E-state index is 11.5. The highest BCUT2D eigenvalue weighted by Gasteiger charge is 2.22. The van der Waals surface area contributed by atoms with E-state index in [1.807, 2.05) is 0 Å². The van der Waals surface area contributed by atoms with Crippen molar-refractivity contribution in [2.45, 2.75) is 19.4 Å². The van der Waals surface area contributed by atoms with Crippen molar-refractivity contribution < 1.29 is 14.3 Å². The molecule has 2 atom stereocenters. The van der Waals surface area contributed by atoms with Crippen LogP contribution in [0, 0.1) is 5.92 Å². The van der Waals surface area contributed by atoms with Gasteiger partial charge in [0.1, 0.15) is 6.61 Å². The number of hydrogen-bond acceptors (Lipinski definition) is 4. The third-order valence-corrected chi connectivity index (χ3v) is 2.80. The number of rotatable bonds is 6. The molecule has 0 bridgehead atoms. The van der Waals surface area contributed by atoms with E-state index in [1.54, 1.807) is 7.11 Å². The lowest BCUT2D eigenvalue weighted by molar-refractivity contribution is -0.127. The molecule has 0 aliphatic carbocycles. The maximum atomic E-state index is 11.5. The van der Waals surface area contributed by atoms with Crippen molar-refractivity contribution in [2.75, 3.05) is 40.0 Å². The van der Waals surface area contributed by atoms with Gasteiger partial charge >= 0.3 is 0 Å². The van der Waals surface area contributed by atoms with Crippen LogP contribution in [0.2, 0.25) is 0 Å². The summed E-state index contributed by atoms with van der Waals surface area (Å²) in [5, 5.41) is 6.30. The Bertz CT molecular complexity index is 217. The average molecular weight is 267 g/mol. The summed E-state index contributed by atoms with van der Waals surface area (Å²) >= 11 is 0. The average Bonchev–Trinajstić information content (AvgIpc) is 2.28. The van der Waals surface area contributed by atoms with Crippen molar-refractivity contribution in [1.82, 2.24) is 10.6 Å². The first kappa shape index (κ1) is 16.6. The van der Waals surface area contributed by atoms with Crippen LogP contribution in [-0.2, 0) is 14.3 Å². The fourth-order valence-electron chi connectivity index (χ4n) is 1.78. The van der Waals surface area contributed by atoms with Gasteiger partial charge in [-0.15, -0.1) is 12.4 Å². The third kappa shape index (κ3) is 6.83. The van der Waals surface area contributed by atoms with Crippen LogP contribution in [0.3, 0.4) is 0 Å². The lowest BCUT2D eigenvalue weighted by Crippen LogP contribution is -2.49. The first-order chi connectivity index (χ1) is 7.74. The SMILES string of the molecule is COCCOCC(=O)NC1CCNCC1C.Cl. The zero-order valence-corrected chi connectivity index (χ0v) is 11.3. The molecule has 0 saturated carbocycles. The van der Waals surface area contributed by atoms with Crippen LogP contribution >= 0.6 is 12.4 Å². The second-order valence-corrected chi connectivity index (χ2v) is 4.19. The monoisotopic (exact) mass is 266 g/mol. The van der Waals surface area contributed by atoms with Crippen LogP contribution < -0.4 is 10.6 Å². The topological polar surface area (TPSA) is 59.6 Å². The Morgan fingerprint density at radius 3 is 2.88 bits per heavy atom. The Kier molecular flexibility index (Phi) is 9.44. The van der Waals surface area contributed by atoms with Crippen molar-refractivity contribution in [3.63, 3.8) is 0 Å².